The molecule has 2 fully saturated rings. The second kappa shape index (κ2) is 10.8. The van der Waals surface area contributed by atoms with Crippen molar-refractivity contribution in [1.29, 1.82) is 0 Å². The van der Waals surface area contributed by atoms with E-state index in [1.54, 1.807) is 4.52 Å². The molecule has 38 heavy (non-hydrogen) atoms. The van der Waals surface area contributed by atoms with E-state index in [4.69, 9.17) is 21.1 Å². The molecule has 2 aromatic heterocycles. The average molecular weight is 557 g/mol. The van der Waals surface area contributed by atoms with Gasteiger partial charge in [-0.3, -0.25) is 9.59 Å². The van der Waals surface area contributed by atoms with Crippen molar-refractivity contribution in [2.45, 2.75) is 94.8 Å². The molecule has 0 bridgehead atoms. The van der Waals surface area contributed by atoms with Gasteiger partial charge in [0, 0.05) is 17.8 Å². The Morgan fingerprint density at radius 2 is 1.95 bits per heavy atom. The maximum Gasteiger partial charge on any atom is 0.327 e. The first-order chi connectivity index (χ1) is 18.1. The zero-order chi connectivity index (χ0) is 27.0. The Bertz CT molecular complexity index is 1350. The van der Waals surface area contributed by atoms with Crippen LogP contribution in [-0.4, -0.2) is 48.3 Å². The molecule has 2 atom stereocenters. The molecule has 5 rings (SSSR count). The highest BCUT2D eigenvalue weighted by molar-refractivity contribution is 8.01. The largest absolute Gasteiger partial charge is 0.489 e. The Labute approximate surface area is 231 Å². The number of carbonyl (C=O) groups is 2. The third-order valence-electron chi connectivity index (χ3n) is 7.40. The topological polar surface area (TPSA) is 95.7 Å². The number of carbonyl (C=O) groups excluding carboxylic acids is 2. The fourth-order valence-electron chi connectivity index (χ4n) is 5.65. The van der Waals surface area contributed by atoms with Crippen molar-refractivity contribution in [3.05, 3.63) is 46.2 Å². The van der Waals surface area contributed by atoms with Gasteiger partial charge in [-0.05, 0) is 83.1 Å². The number of aryl methyl sites for hydroxylation is 3. The van der Waals surface area contributed by atoms with Gasteiger partial charge in [-0.2, -0.15) is 4.98 Å². The summed E-state index contributed by atoms with van der Waals surface area (Å²) in [5, 5.41) is 4.38. The van der Waals surface area contributed by atoms with Crippen molar-refractivity contribution >= 4 is 40.9 Å². The van der Waals surface area contributed by atoms with Crippen molar-refractivity contribution in [3.8, 4) is 5.75 Å². The highest BCUT2D eigenvalue weighted by Crippen LogP contribution is 2.46. The summed E-state index contributed by atoms with van der Waals surface area (Å²) in [5.41, 5.74) is 1.93. The number of benzene rings is 1. The van der Waals surface area contributed by atoms with Gasteiger partial charge in [0.2, 0.25) is 5.16 Å². The predicted molar refractivity (Wildman–Crippen MR) is 146 cm³/mol. The van der Waals surface area contributed by atoms with E-state index in [1.807, 2.05) is 52.0 Å². The fourth-order valence-corrected chi connectivity index (χ4v) is 6.74. The van der Waals surface area contributed by atoms with Crippen LogP contribution in [0.2, 0.25) is 5.02 Å². The molecule has 202 valence electrons. The van der Waals surface area contributed by atoms with Crippen molar-refractivity contribution in [3.63, 3.8) is 0 Å². The second-order valence-corrected chi connectivity index (χ2v) is 12.2. The van der Waals surface area contributed by atoms with E-state index in [0.717, 1.165) is 54.4 Å². The van der Waals surface area contributed by atoms with Crippen LogP contribution in [0.3, 0.4) is 0 Å². The molecule has 1 aliphatic heterocycles. The van der Waals surface area contributed by atoms with Crippen LogP contribution in [0.15, 0.2) is 29.4 Å². The first kappa shape index (κ1) is 26.9. The number of cyclic esters (lactones) is 1. The summed E-state index contributed by atoms with van der Waals surface area (Å²) >= 11 is 7.51. The fraction of sp³-hybridized carbons (Fsp3) is 0.536. The quantitative estimate of drug-likeness (QED) is 0.257. The van der Waals surface area contributed by atoms with Gasteiger partial charge < -0.3 is 9.47 Å². The molecule has 8 nitrogen and oxygen atoms in total. The van der Waals surface area contributed by atoms with Crippen LogP contribution >= 0.6 is 23.4 Å². The molecule has 2 unspecified atom stereocenters. The van der Waals surface area contributed by atoms with E-state index >= 15 is 0 Å². The number of Topliss-reactive ketones (excluding diaryl/α,β-unsaturated/α-hetero) is 1. The first-order valence-electron chi connectivity index (χ1n) is 13.2. The molecule has 0 spiro atoms. The molecule has 0 radical (unpaired) electrons. The van der Waals surface area contributed by atoms with E-state index in [-0.39, 0.29) is 24.2 Å². The third-order valence-corrected chi connectivity index (χ3v) is 8.77. The molecular weight excluding hydrogens is 524 g/mol. The monoisotopic (exact) mass is 556 g/mol. The summed E-state index contributed by atoms with van der Waals surface area (Å²) in [6, 6.07) is 7.68. The molecule has 2 aliphatic rings. The van der Waals surface area contributed by atoms with Gasteiger partial charge in [0.05, 0.1) is 11.1 Å². The van der Waals surface area contributed by atoms with E-state index in [2.05, 4.69) is 15.1 Å². The van der Waals surface area contributed by atoms with Gasteiger partial charge in [-0.25, -0.2) is 9.50 Å². The van der Waals surface area contributed by atoms with Crippen LogP contribution in [0.4, 0.5) is 0 Å². The zero-order valence-corrected chi connectivity index (χ0v) is 23.8. The van der Waals surface area contributed by atoms with Crippen molar-refractivity contribution in [2.75, 3.05) is 0 Å². The molecule has 3 aromatic rings. The lowest BCUT2D eigenvalue weighted by atomic mass is 9.76. The van der Waals surface area contributed by atoms with Crippen LogP contribution in [0.1, 0.15) is 69.3 Å². The molecule has 1 aliphatic carbocycles. The SMILES string of the molecule is Cc1cc(C)n2nc(SC3C(=O)CC(CCc4ccc(OC(C)C)c(Cl)c4)(C4CCCC4)OC3=O)nc2n1. The number of hydrogen-bond donors (Lipinski definition) is 0. The Kier molecular flexibility index (Phi) is 7.69. The predicted octanol–water partition coefficient (Wildman–Crippen LogP) is 5.72. The number of fused-ring (bicyclic) bond motifs is 1. The molecule has 3 heterocycles. The van der Waals surface area contributed by atoms with E-state index in [9.17, 15) is 9.59 Å². The van der Waals surface area contributed by atoms with Crippen LogP contribution in [-0.2, 0) is 20.7 Å². The maximum atomic E-state index is 13.5. The number of nitrogens with zero attached hydrogens (tertiary/aromatic N) is 4. The van der Waals surface area contributed by atoms with Crippen LogP contribution < -0.4 is 4.74 Å². The van der Waals surface area contributed by atoms with Crippen molar-refractivity contribution < 1.29 is 19.1 Å². The maximum absolute atomic E-state index is 13.5. The Morgan fingerprint density at radius 1 is 1.18 bits per heavy atom. The van der Waals surface area contributed by atoms with Crippen LogP contribution in [0, 0.1) is 19.8 Å². The molecule has 1 saturated carbocycles. The van der Waals surface area contributed by atoms with Crippen molar-refractivity contribution in [1.82, 2.24) is 19.6 Å². The Balaban J connectivity index is 1.33. The van der Waals surface area contributed by atoms with Crippen molar-refractivity contribution in [2.24, 2.45) is 5.92 Å². The molecule has 1 aromatic carbocycles. The van der Waals surface area contributed by atoms with E-state index in [0.29, 0.717) is 34.5 Å². The van der Waals surface area contributed by atoms with Gasteiger partial charge in [0.25, 0.3) is 5.78 Å². The van der Waals surface area contributed by atoms with Gasteiger partial charge >= 0.3 is 5.97 Å². The molecule has 0 amide bonds. The van der Waals surface area contributed by atoms with Crippen LogP contribution in [0.5, 0.6) is 5.75 Å². The number of aromatic nitrogens is 4. The average Bonchev–Trinajstić information content (AvgIpc) is 3.52. The lowest BCUT2D eigenvalue weighted by molar-refractivity contribution is -0.177. The third kappa shape index (κ3) is 5.54. The van der Waals surface area contributed by atoms with Gasteiger partial charge in [-0.1, -0.05) is 42.3 Å². The smallest absolute Gasteiger partial charge is 0.327 e. The minimum atomic E-state index is -0.981. The number of ether oxygens (including phenoxy) is 2. The number of hydrogen-bond acceptors (Lipinski definition) is 8. The highest BCUT2D eigenvalue weighted by Gasteiger charge is 2.52. The minimum absolute atomic E-state index is 0.0302. The van der Waals surface area contributed by atoms with Crippen LogP contribution in [0.25, 0.3) is 5.78 Å². The number of ketones is 1. The Hall–Kier alpha value is -2.65. The summed E-state index contributed by atoms with van der Waals surface area (Å²) in [5.74, 6) is 0.637. The van der Waals surface area contributed by atoms with Gasteiger partial charge in [-0.15, -0.1) is 5.10 Å². The lowest BCUT2D eigenvalue weighted by Gasteiger charge is -2.42. The van der Waals surface area contributed by atoms with E-state index < -0.39 is 16.8 Å². The summed E-state index contributed by atoms with van der Waals surface area (Å²) in [4.78, 5) is 35.7. The van der Waals surface area contributed by atoms with Gasteiger partial charge in [0.15, 0.2) is 11.0 Å². The molecule has 1 saturated heterocycles. The summed E-state index contributed by atoms with van der Waals surface area (Å²) in [7, 11) is 0. The standard InChI is InChI=1S/C28H33ClN4O4S/c1-16(2)36-23-10-9-19(14-21(23)29)11-12-28(20-7-5-6-8-20)15-22(34)24(25(35)37-28)38-27-31-26-30-17(3)13-18(4)33(26)32-27/h9-10,13-14,16,20,24H,5-8,11-12,15H2,1-4H3. The number of rotatable bonds is 8. The Morgan fingerprint density at radius 3 is 2.63 bits per heavy atom. The molecule has 10 heteroatoms. The molecular formula is C28H33ClN4O4S. The number of thioether (sulfide) groups is 1. The normalized spacial score (nSPS) is 22.4. The highest BCUT2D eigenvalue weighted by atomic mass is 35.5. The minimum Gasteiger partial charge on any atom is -0.489 e. The van der Waals surface area contributed by atoms with E-state index in [1.165, 1.54) is 0 Å². The first-order valence-corrected chi connectivity index (χ1v) is 14.5. The molecule has 0 N–H and O–H groups in total. The lowest BCUT2D eigenvalue weighted by Crippen LogP contribution is -2.53. The number of halogens is 1. The number of esters is 1. The summed E-state index contributed by atoms with van der Waals surface area (Å²) < 4.78 is 13.6. The van der Waals surface area contributed by atoms with Gasteiger partial charge in [0.1, 0.15) is 11.4 Å². The summed E-state index contributed by atoms with van der Waals surface area (Å²) in [6.07, 6.45) is 5.53. The zero-order valence-electron chi connectivity index (χ0n) is 22.2. The summed E-state index contributed by atoms with van der Waals surface area (Å²) in [6.45, 7) is 7.72. The second-order valence-electron chi connectivity index (χ2n) is 10.7.